The summed E-state index contributed by atoms with van der Waals surface area (Å²) in [7, 11) is 0. The van der Waals surface area contributed by atoms with Crippen LogP contribution in [0.5, 0.6) is 0 Å². The van der Waals surface area contributed by atoms with Gasteiger partial charge in [0.25, 0.3) is 0 Å². The van der Waals surface area contributed by atoms with Crippen LogP contribution < -0.4 is 5.32 Å². The summed E-state index contributed by atoms with van der Waals surface area (Å²) in [5, 5.41) is 13.0. The van der Waals surface area contributed by atoms with E-state index in [4.69, 9.17) is 4.74 Å². The number of aliphatic hydroxyl groups is 1. The number of nitrogens with one attached hydrogen (secondary N) is 1. The van der Waals surface area contributed by atoms with E-state index in [2.05, 4.69) is 19.2 Å². The molecule has 0 saturated carbocycles. The second-order valence-electron chi connectivity index (χ2n) is 7.30. The van der Waals surface area contributed by atoms with Gasteiger partial charge in [-0.2, -0.15) is 0 Å². The average molecular weight is 319 g/mol. The fraction of sp³-hybridized carbons (Fsp3) is 0.632. The van der Waals surface area contributed by atoms with E-state index in [9.17, 15) is 9.90 Å². The molecule has 2 N–H and O–H groups in total. The highest BCUT2D eigenvalue weighted by molar-refractivity contribution is 5.79. The highest BCUT2D eigenvalue weighted by Gasteiger charge is 2.33. The Hall–Kier alpha value is -1.39. The van der Waals surface area contributed by atoms with Gasteiger partial charge >= 0.3 is 0 Å². The van der Waals surface area contributed by atoms with E-state index < -0.39 is 5.60 Å². The summed E-state index contributed by atoms with van der Waals surface area (Å²) in [6.45, 7) is 8.99. The molecule has 0 aliphatic carbocycles. The van der Waals surface area contributed by atoms with Gasteiger partial charge in [-0.15, -0.1) is 0 Å². The van der Waals surface area contributed by atoms with Gasteiger partial charge in [0.1, 0.15) is 0 Å². The first-order chi connectivity index (χ1) is 10.8. The monoisotopic (exact) mass is 319 g/mol. The lowest BCUT2D eigenvalue weighted by atomic mass is 9.87. The van der Waals surface area contributed by atoms with Crippen molar-refractivity contribution in [2.75, 3.05) is 6.61 Å². The summed E-state index contributed by atoms with van der Waals surface area (Å²) in [6, 6.07) is 7.71. The molecule has 1 amide bonds. The zero-order valence-electron chi connectivity index (χ0n) is 14.6. The van der Waals surface area contributed by atoms with E-state index in [1.54, 1.807) is 13.8 Å². The molecular weight excluding hydrogens is 290 g/mol. The standard InChI is InChI=1S/C19H29NO3/c1-13(2)17-16(6-5-11-23-17)18(21)20-12-14-7-9-15(10-8-14)19(3,4)22/h7-10,13,16-17,22H,5-6,11-12H2,1-4H3,(H,20,21). The first-order valence-corrected chi connectivity index (χ1v) is 8.50. The van der Waals surface area contributed by atoms with E-state index in [0.29, 0.717) is 12.5 Å². The van der Waals surface area contributed by atoms with Crippen LogP contribution in [0.3, 0.4) is 0 Å². The van der Waals surface area contributed by atoms with Crippen molar-refractivity contribution in [3.8, 4) is 0 Å². The van der Waals surface area contributed by atoms with Crippen molar-refractivity contribution in [2.24, 2.45) is 11.8 Å². The largest absolute Gasteiger partial charge is 0.386 e. The first-order valence-electron chi connectivity index (χ1n) is 8.50. The zero-order valence-corrected chi connectivity index (χ0v) is 14.6. The molecule has 0 radical (unpaired) electrons. The lowest BCUT2D eigenvalue weighted by Gasteiger charge is -2.33. The van der Waals surface area contributed by atoms with Gasteiger partial charge in [-0.05, 0) is 43.7 Å². The fourth-order valence-corrected chi connectivity index (χ4v) is 3.09. The Morgan fingerprint density at radius 3 is 2.57 bits per heavy atom. The summed E-state index contributed by atoms with van der Waals surface area (Å²) in [6.07, 6.45) is 1.86. The van der Waals surface area contributed by atoms with Crippen LogP contribution >= 0.6 is 0 Å². The molecule has 0 bridgehead atoms. The highest BCUT2D eigenvalue weighted by atomic mass is 16.5. The zero-order chi connectivity index (χ0) is 17.0. The van der Waals surface area contributed by atoms with Crippen LogP contribution in [0.4, 0.5) is 0 Å². The number of carbonyl (C=O) groups is 1. The minimum atomic E-state index is -0.842. The normalized spacial score (nSPS) is 22.2. The number of hydrogen-bond acceptors (Lipinski definition) is 3. The summed E-state index contributed by atoms with van der Waals surface area (Å²) in [5.74, 6) is 0.367. The van der Waals surface area contributed by atoms with Crippen molar-refractivity contribution in [3.05, 3.63) is 35.4 Å². The molecule has 2 atom stereocenters. The summed E-state index contributed by atoms with van der Waals surface area (Å²) in [4.78, 5) is 12.5. The molecule has 0 aromatic heterocycles. The minimum absolute atomic E-state index is 0.0151. The van der Waals surface area contributed by atoms with Gasteiger partial charge in [-0.3, -0.25) is 4.79 Å². The van der Waals surface area contributed by atoms with E-state index >= 15 is 0 Å². The third-order valence-electron chi connectivity index (χ3n) is 4.49. The van der Waals surface area contributed by atoms with Gasteiger partial charge in [0.2, 0.25) is 5.91 Å². The van der Waals surface area contributed by atoms with Crippen molar-refractivity contribution < 1.29 is 14.6 Å². The number of ether oxygens (including phenoxy) is 1. The Morgan fingerprint density at radius 2 is 2.00 bits per heavy atom. The third kappa shape index (κ3) is 4.79. The molecule has 1 fully saturated rings. The predicted octanol–water partition coefficient (Wildman–Crippen LogP) is 2.98. The third-order valence-corrected chi connectivity index (χ3v) is 4.49. The lowest BCUT2D eigenvalue weighted by Crippen LogP contribution is -2.43. The number of rotatable bonds is 5. The molecule has 1 saturated heterocycles. The smallest absolute Gasteiger partial charge is 0.226 e. The van der Waals surface area contributed by atoms with E-state index in [1.807, 2.05) is 24.3 Å². The quantitative estimate of drug-likeness (QED) is 0.877. The topological polar surface area (TPSA) is 58.6 Å². The van der Waals surface area contributed by atoms with Crippen LogP contribution in [-0.4, -0.2) is 23.7 Å². The van der Waals surface area contributed by atoms with Crippen LogP contribution in [0.15, 0.2) is 24.3 Å². The van der Waals surface area contributed by atoms with E-state index in [0.717, 1.165) is 30.6 Å². The second-order valence-corrected chi connectivity index (χ2v) is 7.30. The Morgan fingerprint density at radius 1 is 1.35 bits per heavy atom. The number of amides is 1. The average Bonchev–Trinajstić information content (AvgIpc) is 2.52. The lowest BCUT2D eigenvalue weighted by molar-refractivity contribution is -0.137. The Bertz CT molecular complexity index is 516. The number of hydrogen-bond donors (Lipinski definition) is 2. The molecule has 1 heterocycles. The molecule has 4 nitrogen and oxygen atoms in total. The van der Waals surface area contributed by atoms with Gasteiger partial charge in [0.05, 0.1) is 17.6 Å². The molecule has 1 aliphatic heterocycles. The Balaban J connectivity index is 1.93. The molecule has 0 spiro atoms. The molecule has 1 aliphatic rings. The maximum atomic E-state index is 12.5. The Kier molecular flexibility index (Phi) is 5.82. The molecule has 1 aromatic carbocycles. The molecular formula is C19H29NO3. The van der Waals surface area contributed by atoms with Crippen molar-refractivity contribution in [3.63, 3.8) is 0 Å². The summed E-state index contributed by atoms with van der Waals surface area (Å²) in [5.41, 5.74) is 1.06. The molecule has 2 unspecified atom stereocenters. The van der Waals surface area contributed by atoms with Crippen LogP contribution in [-0.2, 0) is 21.7 Å². The molecule has 23 heavy (non-hydrogen) atoms. The maximum Gasteiger partial charge on any atom is 0.226 e. The van der Waals surface area contributed by atoms with Crippen molar-refractivity contribution in [2.45, 2.75) is 58.8 Å². The molecule has 1 aromatic rings. The highest BCUT2D eigenvalue weighted by Crippen LogP contribution is 2.26. The van der Waals surface area contributed by atoms with Gasteiger partial charge in [0, 0.05) is 13.2 Å². The van der Waals surface area contributed by atoms with Crippen LogP contribution in [0.25, 0.3) is 0 Å². The van der Waals surface area contributed by atoms with Crippen molar-refractivity contribution >= 4 is 5.91 Å². The predicted molar refractivity (Wildman–Crippen MR) is 90.8 cm³/mol. The van der Waals surface area contributed by atoms with E-state index in [-0.39, 0.29) is 17.9 Å². The number of carbonyl (C=O) groups excluding carboxylic acids is 1. The minimum Gasteiger partial charge on any atom is -0.386 e. The molecule has 4 heteroatoms. The van der Waals surface area contributed by atoms with E-state index in [1.165, 1.54) is 0 Å². The first kappa shape index (κ1) is 18.0. The van der Waals surface area contributed by atoms with Gasteiger partial charge in [-0.25, -0.2) is 0 Å². The molecule has 2 rings (SSSR count). The Labute approximate surface area is 139 Å². The van der Waals surface area contributed by atoms with Gasteiger partial charge in [-0.1, -0.05) is 38.1 Å². The van der Waals surface area contributed by atoms with Gasteiger partial charge < -0.3 is 15.2 Å². The maximum absolute atomic E-state index is 12.5. The van der Waals surface area contributed by atoms with Crippen LogP contribution in [0.1, 0.15) is 51.7 Å². The fourth-order valence-electron chi connectivity index (χ4n) is 3.09. The summed E-state index contributed by atoms with van der Waals surface area (Å²) < 4.78 is 5.79. The van der Waals surface area contributed by atoms with Gasteiger partial charge in [0.15, 0.2) is 0 Å². The van der Waals surface area contributed by atoms with Crippen molar-refractivity contribution in [1.29, 1.82) is 0 Å². The molecule has 128 valence electrons. The summed E-state index contributed by atoms with van der Waals surface area (Å²) >= 11 is 0. The number of benzene rings is 1. The van der Waals surface area contributed by atoms with Crippen molar-refractivity contribution in [1.82, 2.24) is 5.32 Å². The SMILES string of the molecule is CC(C)C1OCCCC1C(=O)NCc1ccc(C(C)(C)O)cc1. The van der Waals surface area contributed by atoms with Crippen LogP contribution in [0.2, 0.25) is 0 Å². The second kappa shape index (κ2) is 7.45. The van der Waals surface area contributed by atoms with Crippen LogP contribution in [0, 0.1) is 11.8 Å².